The first-order chi connectivity index (χ1) is 17.5. The Morgan fingerprint density at radius 2 is 2.03 bits per heavy atom. The number of carbonyl (C=O) groups is 2. The molecule has 188 valence electrons. The first-order valence-electron chi connectivity index (χ1n) is 13.0. The van der Waals surface area contributed by atoms with E-state index >= 15 is 0 Å². The summed E-state index contributed by atoms with van der Waals surface area (Å²) in [7, 11) is 1.64. The maximum absolute atomic E-state index is 14.3. The van der Waals surface area contributed by atoms with Gasteiger partial charge in [0.15, 0.2) is 0 Å². The number of methoxy groups -OCH3 is 1. The van der Waals surface area contributed by atoms with Crippen molar-refractivity contribution in [2.24, 2.45) is 0 Å². The average Bonchev–Trinajstić information content (AvgIpc) is 3.55. The molecule has 3 atom stereocenters. The zero-order valence-electron chi connectivity index (χ0n) is 21.0. The second kappa shape index (κ2) is 8.96. The van der Waals surface area contributed by atoms with E-state index in [-0.39, 0.29) is 24.0 Å². The second-order valence-corrected chi connectivity index (χ2v) is 10.4. The Morgan fingerprint density at radius 1 is 1.17 bits per heavy atom. The highest BCUT2D eigenvalue weighted by Gasteiger charge is 2.51. The van der Waals surface area contributed by atoms with Crippen molar-refractivity contribution in [2.45, 2.75) is 63.3 Å². The van der Waals surface area contributed by atoms with Crippen LogP contribution in [-0.2, 0) is 22.5 Å². The van der Waals surface area contributed by atoms with Gasteiger partial charge in [-0.25, -0.2) is 0 Å². The number of rotatable bonds is 5. The van der Waals surface area contributed by atoms with Crippen LogP contribution in [0.3, 0.4) is 0 Å². The van der Waals surface area contributed by atoms with Crippen molar-refractivity contribution in [2.75, 3.05) is 20.3 Å². The minimum absolute atomic E-state index is 0.0351. The van der Waals surface area contributed by atoms with Crippen LogP contribution in [0, 0.1) is 0 Å². The summed E-state index contributed by atoms with van der Waals surface area (Å²) in [6.07, 6.45) is 4.82. The molecule has 0 spiro atoms. The van der Waals surface area contributed by atoms with E-state index in [4.69, 9.17) is 9.47 Å². The lowest BCUT2D eigenvalue weighted by Gasteiger charge is -2.49. The molecule has 3 aliphatic rings. The number of nitrogens with zero attached hydrogens (tertiary/aromatic N) is 2. The molecule has 1 aliphatic carbocycles. The lowest BCUT2D eigenvalue weighted by molar-refractivity contribution is -0.135. The summed E-state index contributed by atoms with van der Waals surface area (Å²) in [5, 5.41) is 4.11. The number of fused-ring (bicyclic) bond motifs is 4. The van der Waals surface area contributed by atoms with Crippen molar-refractivity contribution in [1.82, 2.24) is 14.8 Å². The highest BCUT2D eigenvalue weighted by molar-refractivity contribution is 6.04. The van der Waals surface area contributed by atoms with Gasteiger partial charge in [0.1, 0.15) is 17.0 Å². The number of ether oxygens (including phenoxy) is 2. The van der Waals surface area contributed by atoms with Crippen molar-refractivity contribution in [3.05, 3.63) is 65.4 Å². The minimum Gasteiger partial charge on any atom is -0.497 e. The van der Waals surface area contributed by atoms with Crippen LogP contribution in [0.1, 0.15) is 60.3 Å². The second-order valence-electron chi connectivity index (χ2n) is 10.4. The molecular formula is C29H33N3O4. The van der Waals surface area contributed by atoms with E-state index in [0.29, 0.717) is 18.8 Å². The van der Waals surface area contributed by atoms with Gasteiger partial charge in [-0.1, -0.05) is 24.3 Å². The molecule has 1 saturated heterocycles. The van der Waals surface area contributed by atoms with Crippen molar-refractivity contribution >= 4 is 22.7 Å². The quantitative estimate of drug-likeness (QED) is 0.584. The molecule has 6 rings (SSSR count). The molecule has 36 heavy (non-hydrogen) atoms. The number of hydrogen-bond acceptors (Lipinski definition) is 4. The van der Waals surface area contributed by atoms with Gasteiger partial charge in [-0.2, -0.15) is 0 Å². The predicted octanol–water partition coefficient (Wildman–Crippen LogP) is 4.24. The first kappa shape index (κ1) is 23.1. The number of hydrogen-bond donors (Lipinski definition) is 1. The van der Waals surface area contributed by atoms with E-state index < -0.39 is 5.54 Å². The molecule has 3 aromatic rings. The lowest BCUT2D eigenvalue weighted by Crippen LogP contribution is -2.65. The Balaban J connectivity index is 1.45. The first-order valence-corrected chi connectivity index (χ1v) is 13.0. The molecule has 0 bridgehead atoms. The molecule has 1 fully saturated rings. The molecule has 0 saturated carbocycles. The molecule has 2 aromatic carbocycles. The molecule has 7 heteroatoms. The third-order valence-corrected chi connectivity index (χ3v) is 8.20. The van der Waals surface area contributed by atoms with Crippen LogP contribution >= 0.6 is 0 Å². The molecule has 2 aliphatic heterocycles. The van der Waals surface area contributed by atoms with E-state index in [9.17, 15) is 9.59 Å². The zero-order chi connectivity index (χ0) is 24.9. The molecule has 1 N–H and O–H groups in total. The summed E-state index contributed by atoms with van der Waals surface area (Å²) in [6.45, 7) is 3.50. The maximum Gasteiger partial charge on any atom is 0.271 e. The molecule has 1 aromatic heterocycles. The Kier molecular flexibility index (Phi) is 5.75. The van der Waals surface area contributed by atoms with Crippen LogP contribution in [-0.4, -0.2) is 53.2 Å². The van der Waals surface area contributed by atoms with Gasteiger partial charge in [0.25, 0.3) is 5.91 Å². The summed E-state index contributed by atoms with van der Waals surface area (Å²) in [4.78, 5) is 30.2. The van der Waals surface area contributed by atoms with Gasteiger partial charge in [-0.15, -0.1) is 0 Å². The molecule has 2 amide bonds. The highest BCUT2D eigenvalue weighted by atomic mass is 16.5. The number of nitrogens with one attached hydrogen (secondary N) is 1. The Labute approximate surface area is 211 Å². The Morgan fingerprint density at radius 3 is 2.83 bits per heavy atom. The predicted molar refractivity (Wildman–Crippen MR) is 137 cm³/mol. The van der Waals surface area contributed by atoms with Crippen LogP contribution in [0.2, 0.25) is 0 Å². The molecule has 3 heterocycles. The van der Waals surface area contributed by atoms with Crippen LogP contribution in [0.4, 0.5) is 0 Å². The Hall–Kier alpha value is -3.32. The van der Waals surface area contributed by atoms with Crippen molar-refractivity contribution < 1.29 is 19.1 Å². The lowest BCUT2D eigenvalue weighted by atomic mass is 9.82. The molecule has 7 nitrogen and oxygen atoms in total. The summed E-state index contributed by atoms with van der Waals surface area (Å²) >= 11 is 0. The van der Waals surface area contributed by atoms with Gasteiger partial charge in [-0.05, 0) is 68.4 Å². The standard InChI is InChI=1S/C29H33N3O4/c1-29(28(34)30-17-22-9-6-14-36-22)18-31-25-16-21(35-2)13-12-20(25)15-26(31)27(33)32(29)24-11-5-8-19-7-3-4-10-23(19)24/h3-4,7,10,12-13,15-16,22,24H,5-6,8-9,11,14,17-18H2,1-2H3,(H,30,34)/t22-,24-,29+/m0/s1. The van der Waals surface area contributed by atoms with E-state index in [0.717, 1.165) is 60.9 Å². The zero-order valence-corrected chi connectivity index (χ0v) is 21.0. The minimum atomic E-state index is -1.06. The highest BCUT2D eigenvalue weighted by Crippen LogP contribution is 2.43. The van der Waals surface area contributed by atoms with Gasteiger partial charge >= 0.3 is 0 Å². The van der Waals surface area contributed by atoms with E-state index in [1.807, 2.05) is 46.7 Å². The number of benzene rings is 2. The van der Waals surface area contributed by atoms with Gasteiger partial charge < -0.3 is 24.3 Å². The average molecular weight is 488 g/mol. The van der Waals surface area contributed by atoms with Crippen molar-refractivity contribution in [3.8, 4) is 5.75 Å². The van der Waals surface area contributed by atoms with Crippen molar-refractivity contribution in [1.29, 1.82) is 0 Å². The normalized spacial score (nSPS) is 25.5. The largest absolute Gasteiger partial charge is 0.497 e. The molecule has 0 unspecified atom stereocenters. The third kappa shape index (κ3) is 3.68. The summed E-state index contributed by atoms with van der Waals surface area (Å²) in [5.41, 5.74) is 2.87. The molecule has 0 radical (unpaired) electrons. The molecular weight excluding hydrogens is 454 g/mol. The number of carbonyl (C=O) groups excluding carboxylic acids is 2. The number of aryl methyl sites for hydroxylation is 1. The van der Waals surface area contributed by atoms with E-state index in [1.165, 1.54) is 5.56 Å². The number of aromatic nitrogens is 1. The SMILES string of the molecule is COc1ccc2cc3n(c2c1)C[C@](C)(C(=O)NC[C@@H]1CCCO1)N([C@H]1CCCc2ccccc21)C3=O. The fourth-order valence-corrected chi connectivity index (χ4v) is 6.31. The fraction of sp³-hybridized carbons (Fsp3) is 0.448. The summed E-state index contributed by atoms with van der Waals surface area (Å²) in [6, 6.07) is 16.0. The monoisotopic (exact) mass is 487 g/mol. The van der Waals surface area contributed by atoms with E-state index in [1.54, 1.807) is 7.11 Å². The van der Waals surface area contributed by atoms with Crippen molar-refractivity contribution in [3.63, 3.8) is 0 Å². The smallest absolute Gasteiger partial charge is 0.271 e. The topological polar surface area (TPSA) is 72.8 Å². The summed E-state index contributed by atoms with van der Waals surface area (Å²) < 4.78 is 13.2. The van der Waals surface area contributed by atoms with Gasteiger partial charge in [-0.3, -0.25) is 9.59 Å². The maximum atomic E-state index is 14.3. The van der Waals surface area contributed by atoms with Gasteiger partial charge in [0.05, 0.1) is 31.3 Å². The Bertz CT molecular complexity index is 1330. The third-order valence-electron chi connectivity index (χ3n) is 8.20. The van der Waals surface area contributed by atoms with Crippen LogP contribution in [0.5, 0.6) is 5.75 Å². The fourth-order valence-electron chi connectivity index (χ4n) is 6.31. The van der Waals surface area contributed by atoms with Crippen LogP contribution in [0.15, 0.2) is 48.5 Å². The van der Waals surface area contributed by atoms with E-state index in [2.05, 4.69) is 23.5 Å². The van der Waals surface area contributed by atoms with Crippen LogP contribution < -0.4 is 10.1 Å². The number of amides is 2. The van der Waals surface area contributed by atoms with Gasteiger partial charge in [0.2, 0.25) is 5.91 Å². The van der Waals surface area contributed by atoms with Gasteiger partial charge in [0, 0.05) is 24.6 Å². The summed E-state index contributed by atoms with van der Waals surface area (Å²) in [5.74, 6) is 0.488. The van der Waals surface area contributed by atoms with Crippen LogP contribution in [0.25, 0.3) is 10.9 Å².